The lowest BCUT2D eigenvalue weighted by molar-refractivity contribution is 0.0357. The third kappa shape index (κ3) is 5.72. The molecule has 11 heteroatoms. The predicted octanol–water partition coefficient (Wildman–Crippen LogP) is 3.30. The zero-order chi connectivity index (χ0) is 23.3. The summed E-state index contributed by atoms with van der Waals surface area (Å²) in [5.41, 5.74) is 0.541. The highest BCUT2D eigenvalue weighted by atomic mass is 79.9. The maximum Gasteiger partial charge on any atom is 0.264 e. The quantitative estimate of drug-likeness (QED) is 0.415. The second-order valence-electron chi connectivity index (χ2n) is 7.43. The van der Waals surface area contributed by atoms with Gasteiger partial charge in [-0.3, -0.25) is 9.62 Å². The van der Waals surface area contributed by atoms with Gasteiger partial charge in [0.25, 0.3) is 10.0 Å². The molecule has 1 aliphatic rings. The van der Waals surface area contributed by atoms with Crippen LogP contribution in [0.5, 0.6) is 11.5 Å². The second kappa shape index (κ2) is 10.6. The van der Waals surface area contributed by atoms with Gasteiger partial charge in [0.15, 0.2) is 17.3 Å². The summed E-state index contributed by atoms with van der Waals surface area (Å²) in [5.74, 6) is 1.18. The van der Waals surface area contributed by atoms with Crippen molar-refractivity contribution in [2.45, 2.75) is 11.3 Å². The number of methoxy groups -OCH3 is 1. The summed E-state index contributed by atoms with van der Waals surface area (Å²) >= 11 is 3.29. The van der Waals surface area contributed by atoms with Gasteiger partial charge in [0, 0.05) is 35.6 Å². The average Bonchev–Trinajstić information content (AvgIpc) is 2.82. The molecule has 33 heavy (non-hydrogen) atoms. The number of morpholine rings is 1. The molecule has 0 amide bonds. The fraction of sp³-hybridized carbons (Fsp3) is 0.364. The van der Waals surface area contributed by atoms with E-state index >= 15 is 0 Å². The number of fused-ring (bicyclic) bond motifs is 1. The van der Waals surface area contributed by atoms with Gasteiger partial charge in [-0.15, -0.1) is 0 Å². The first-order valence-corrected chi connectivity index (χ1v) is 12.8. The minimum atomic E-state index is -3.87. The van der Waals surface area contributed by atoms with Crippen LogP contribution < -0.4 is 14.2 Å². The van der Waals surface area contributed by atoms with Crippen molar-refractivity contribution < 1.29 is 22.6 Å². The van der Waals surface area contributed by atoms with E-state index in [1.54, 1.807) is 30.3 Å². The highest BCUT2D eigenvalue weighted by molar-refractivity contribution is 9.10. The Labute approximate surface area is 201 Å². The molecular formula is C22H25BrN4O5S. The number of ether oxygens (including phenoxy) is 3. The van der Waals surface area contributed by atoms with Gasteiger partial charge >= 0.3 is 0 Å². The zero-order valence-corrected chi connectivity index (χ0v) is 20.6. The van der Waals surface area contributed by atoms with E-state index in [0.717, 1.165) is 39.3 Å². The van der Waals surface area contributed by atoms with Gasteiger partial charge in [-0.05, 0) is 40.5 Å². The molecule has 0 radical (unpaired) electrons. The minimum Gasteiger partial charge on any atom is -0.493 e. The van der Waals surface area contributed by atoms with Gasteiger partial charge in [-0.25, -0.2) is 18.4 Å². The van der Waals surface area contributed by atoms with Crippen LogP contribution in [0, 0.1) is 0 Å². The molecule has 0 atom stereocenters. The Bertz CT molecular complexity index is 1220. The highest BCUT2D eigenvalue weighted by Crippen LogP contribution is 2.35. The second-order valence-corrected chi connectivity index (χ2v) is 9.94. The lowest BCUT2D eigenvalue weighted by atomic mass is 10.2. The fourth-order valence-corrected chi connectivity index (χ4v) is 5.59. The van der Waals surface area contributed by atoms with Crippen LogP contribution in [-0.2, 0) is 14.8 Å². The van der Waals surface area contributed by atoms with Crippen molar-refractivity contribution in [2.24, 2.45) is 0 Å². The number of sulfonamides is 1. The number of anilines is 1. The number of rotatable bonds is 9. The molecule has 0 bridgehead atoms. The van der Waals surface area contributed by atoms with Crippen molar-refractivity contribution in [3.63, 3.8) is 0 Å². The molecule has 3 aromatic rings. The Kier molecular flexibility index (Phi) is 7.63. The van der Waals surface area contributed by atoms with Crippen molar-refractivity contribution in [1.82, 2.24) is 14.9 Å². The van der Waals surface area contributed by atoms with E-state index in [1.165, 1.54) is 19.5 Å². The van der Waals surface area contributed by atoms with Crippen LogP contribution in [0.3, 0.4) is 0 Å². The summed E-state index contributed by atoms with van der Waals surface area (Å²) in [6, 6.07) is 10.0. The lowest BCUT2D eigenvalue weighted by Crippen LogP contribution is -2.37. The van der Waals surface area contributed by atoms with Crippen molar-refractivity contribution in [2.75, 3.05) is 51.3 Å². The Hall–Kier alpha value is -2.47. The first kappa shape index (κ1) is 23.7. The van der Waals surface area contributed by atoms with Gasteiger partial charge in [0.1, 0.15) is 11.2 Å². The van der Waals surface area contributed by atoms with Crippen LogP contribution in [0.25, 0.3) is 10.9 Å². The maximum absolute atomic E-state index is 12.9. The third-order valence-corrected chi connectivity index (χ3v) is 7.61. The smallest absolute Gasteiger partial charge is 0.264 e. The van der Waals surface area contributed by atoms with E-state index in [2.05, 4.69) is 35.5 Å². The van der Waals surface area contributed by atoms with Gasteiger partial charge in [-0.2, -0.15) is 0 Å². The average molecular weight is 537 g/mol. The first-order valence-electron chi connectivity index (χ1n) is 10.5. The zero-order valence-electron chi connectivity index (χ0n) is 18.2. The molecule has 4 rings (SSSR count). The van der Waals surface area contributed by atoms with Crippen LogP contribution >= 0.6 is 15.9 Å². The van der Waals surface area contributed by atoms with Crippen molar-refractivity contribution in [3.05, 3.63) is 47.2 Å². The molecule has 2 aromatic carbocycles. The lowest BCUT2D eigenvalue weighted by Gasteiger charge is -2.26. The summed E-state index contributed by atoms with van der Waals surface area (Å²) in [6.45, 7) is 4.87. The Morgan fingerprint density at radius 2 is 1.94 bits per heavy atom. The summed E-state index contributed by atoms with van der Waals surface area (Å²) in [5, 5.41) is 0.505. The topological polar surface area (TPSA) is 103 Å². The Morgan fingerprint density at radius 1 is 1.15 bits per heavy atom. The molecule has 1 fully saturated rings. The molecule has 1 saturated heterocycles. The normalized spacial score (nSPS) is 14.8. The number of aromatic nitrogens is 2. The van der Waals surface area contributed by atoms with Crippen LogP contribution in [0.4, 0.5) is 5.82 Å². The van der Waals surface area contributed by atoms with Crippen molar-refractivity contribution in [1.29, 1.82) is 0 Å². The van der Waals surface area contributed by atoms with Gasteiger partial charge in [0.05, 0.1) is 32.4 Å². The number of hydrogen-bond donors (Lipinski definition) is 1. The highest BCUT2D eigenvalue weighted by Gasteiger charge is 2.20. The first-order chi connectivity index (χ1) is 16.0. The molecule has 0 saturated carbocycles. The number of nitrogens with zero attached hydrogens (tertiary/aromatic N) is 3. The van der Waals surface area contributed by atoms with Crippen molar-refractivity contribution in [3.8, 4) is 11.5 Å². The monoisotopic (exact) mass is 536 g/mol. The minimum absolute atomic E-state index is 0.115. The van der Waals surface area contributed by atoms with E-state index < -0.39 is 10.0 Å². The Balaban J connectivity index is 1.52. The molecule has 0 spiro atoms. The number of nitrogens with one attached hydrogen (secondary N) is 1. The maximum atomic E-state index is 12.9. The molecular weight excluding hydrogens is 512 g/mol. The Morgan fingerprint density at radius 3 is 2.70 bits per heavy atom. The number of hydrogen-bond acceptors (Lipinski definition) is 8. The largest absolute Gasteiger partial charge is 0.493 e. The molecule has 9 nitrogen and oxygen atoms in total. The third-order valence-electron chi connectivity index (χ3n) is 5.26. The van der Waals surface area contributed by atoms with Crippen LogP contribution in [0.15, 0.2) is 52.1 Å². The van der Waals surface area contributed by atoms with Gasteiger partial charge in [-0.1, -0.05) is 12.1 Å². The summed E-state index contributed by atoms with van der Waals surface area (Å²) in [6.07, 6.45) is 2.18. The molecule has 176 valence electrons. The molecule has 0 aliphatic carbocycles. The van der Waals surface area contributed by atoms with E-state index in [0.29, 0.717) is 33.5 Å². The summed E-state index contributed by atoms with van der Waals surface area (Å²) in [4.78, 5) is 10.9. The van der Waals surface area contributed by atoms with Crippen LogP contribution in [0.1, 0.15) is 6.42 Å². The molecule has 1 aromatic heterocycles. The van der Waals surface area contributed by atoms with Crippen LogP contribution in [0.2, 0.25) is 0 Å². The van der Waals surface area contributed by atoms with Crippen molar-refractivity contribution >= 4 is 42.7 Å². The van der Waals surface area contributed by atoms with E-state index in [-0.39, 0.29) is 10.7 Å². The van der Waals surface area contributed by atoms with Gasteiger partial charge < -0.3 is 14.2 Å². The van der Waals surface area contributed by atoms with E-state index in [9.17, 15) is 8.42 Å². The number of benzene rings is 2. The SMILES string of the molecule is COc1cc2c(NS(=O)(=O)c3ccccc3Br)ncnc2cc1OCCCN1CCOCC1. The van der Waals surface area contributed by atoms with E-state index in [4.69, 9.17) is 14.2 Å². The molecule has 1 aliphatic heterocycles. The molecule has 1 N–H and O–H groups in total. The summed E-state index contributed by atoms with van der Waals surface area (Å²) in [7, 11) is -2.33. The van der Waals surface area contributed by atoms with Gasteiger partial charge in [0.2, 0.25) is 0 Å². The molecule has 0 unspecified atom stereocenters. The standard InChI is InChI=1S/C22H25BrN4O5S/c1-30-19-13-16-18(14-20(19)32-10-4-7-27-8-11-31-12-9-27)24-15-25-22(16)26-33(28,29)21-6-3-2-5-17(21)23/h2-3,5-6,13-15H,4,7-12H2,1H3,(H,24,25,26). The number of halogens is 1. The fourth-order valence-electron chi connectivity index (χ4n) is 3.56. The summed E-state index contributed by atoms with van der Waals surface area (Å²) < 4.78 is 45.7. The molecule has 2 heterocycles. The van der Waals surface area contributed by atoms with E-state index in [1.807, 2.05) is 0 Å². The predicted molar refractivity (Wildman–Crippen MR) is 128 cm³/mol. The van der Waals surface area contributed by atoms with Crippen LogP contribution in [-0.4, -0.2) is 69.9 Å².